The Morgan fingerprint density at radius 3 is 1.89 bits per heavy atom. The van der Waals surface area contributed by atoms with E-state index in [1.165, 1.54) is 0 Å². The molecule has 9 heavy (non-hydrogen) atoms. The minimum atomic E-state index is 0.0717. The van der Waals surface area contributed by atoms with Gasteiger partial charge in [-0.2, -0.15) is 0 Å². The van der Waals surface area contributed by atoms with Crippen molar-refractivity contribution in [1.29, 1.82) is 0 Å². The molecule has 0 bridgehead atoms. The molecule has 0 aromatic heterocycles. The van der Waals surface area contributed by atoms with Crippen molar-refractivity contribution >= 4 is 0 Å². The van der Waals surface area contributed by atoms with Crippen LogP contribution >= 0.6 is 0 Å². The van der Waals surface area contributed by atoms with Crippen molar-refractivity contribution in [2.75, 3.05) is 14.1 Å². The molecule has 56 valence electrons. The minimum absolute atomic E-state index is 0.0717. The number of nitrogens with one attached hydrogen (secondary N) is 1. The average molecular weight is 131 g/mol. The van der Waals surface area contributed by atoms with E-state index in [1.807, 2.05) is 21.0 Å². The van der Waals surface area contributed by atoms with Gasteiger partial charge in [-0.05, 0) is 27.9 Å². The molecule has 0 amide bonds. The summed E-state index contributed by atoms with van der Waals surface area (Å²) in [7, 11) is 4.03. The highest BCUT2D eigenvalue weighted by Gasteiger charge is 2.03. The predicted octanol–water partition coefficient (Wildman–Crippen LogP) is -0.212. The zero-order valence-electron chi connectivity index (χ0n) is 6.68. The zero-order valence-corrected chi connectivity index (χ0v) is 6.68. The predicted molar refractivity (Wildman–Crippen MR) is 39.9 cm³/mol. The molecular formula is C6H17N3. The van der Waals surface area contributed by atoms with Crippen LogP contribution in [0.4, 0.5) is 0 Å². The van der Waals surface area contributed by atoms with Gasteiger partial charge in [0.1, 0.15) is 0 Å². The van der Waals surface area contributed by atoms with Crippen LogP contribution in [0.2, 0.25) is 0 Å². The fourth-order valence-electron chi connectivity index (χ4n) is 0.530. The van der Waals surface area contributed by atoms with Crippen LogP contribution in [0.25, 0.3) is 0 Å². The summed E-state index contributed by atoms with van der Waals surface area (Å²) in [4.78, 5) is 2.07. The van der Waals surface area contributed by atoms with Gasteiger partial charge in [0.15, 0.2) is 0 Å². The first-order chi connectivity index (χ1) is 4.04. The maximum Gasteiger partial charge on any atom is 0.0574 e. The van der Waals surface area contributed by atoms with Crippen molar-refractivity contribution in [3.63, 3.8) is 0 Å². The first-order valence-corrected chi connectivity index (χ1v) is 3.22. The Labute approximate surface area is 57.2 Å². The maximum absolute atomic E-state index is 5.49. The topological polar surface area (TPSA) is 41.3 Å². The summed E-state index contributed by atoms with van der Waals surface area (Å²) in [6.45, 7) is 4.00. The number of hydrogen-bond donors (Lipinski definition) is 2. The highest BCUT2D eigenvalue weighted by Crippen LogP contribution is 1.84. The van der Waals surface area contributed by atoms with Crippen molar-refractivity contribution in [3.05, 3.63) is 0 Å². The van der Waals surface area contributed by atoms with Crippen LogP contribution in [-0.4, -0.2) is 31.3 Å². The van der Waals surface area contributed by atoms with Crippen LogP contribution in [0, 0.1) is 0 Å². The molecule has 0 aromatic rings. The third-order valence-electron chi connectivity index (χ3n) is 1.28. The zero-order chi connectivity index (χ0) is 7.44. The molecule has 3 nitrogen and oxygen atoms in total. The number of nitrogens with zero attached hydrogens (tertiary/aromatic N) is 1. The molecular weight excluding hydrogens is 114 g/mol. The van der Waals surface area contributed by atoms with Crippen LogP contribution in [0.5, 0.6) is 0 Å². The molecule has 0 fully saturated rings. The van der Waals surface area contributed by atoms with Gasteiger partial charge in [0, 0.05) is 0 Å². The van der Waals surface area contributed by atoms with Gasteiger partial charge in [-0.1, -0.05) is 0 Å². The molecule has 0 rings (SSSR count). The van der Waals surface area contributed by atoms with Crippen LogP contribution in [0.1, 0.15) is 13.8 Å². The van der Waals surface area contributed by atoms with Crippen molar-refractivity contribution in [2.24, 2.45) is 5.73 Å². The maximum atomic E-state index is 5.49. The van der Waals surface area contributed by atoms with Crippen molar-refractivity contribution < 1.29 is 0 Å². The van der Waals surface area contributed by atoms with Crippen LogP contribution in [-0.2, 0) is 0 Å². The molecule has 0 heterocycles. The lowest BCUT2D eigenvalue weighted by Crippen LogP contribution is -2.47. The molecule has 0 saturated carbocycles. The van der Waals surface area contributed by atoms with E-state index in [0.717, 1.165) is 0 Å². The molecule has 0 saturated heterocycles. The number of hydrogen-bond acceptors (Lipinski definition) is 3. The molecule has 0 aliphatic heterocycles. The summed E-state index contributed by atoms with van der Waals surface area (Å²) >= 11 is 0. The monoisotopic (exact) mass is 131 g/mol. The Hall–Kier alpha value is -0.120. The highest BCUT2D eigenvalue weighted by molar-refractivity contribution is 4.58. The average Bonchev–Trinajstić information content (AvgIpc) is 1.63. The van der Waals surface area contributed by atoms with E-state index in [4.69, 9.17) is 5.73 Å². The lowest BCUT2D eigenvalue weighted by atomic mass is 10.4. The second kappa shape index (κ2) is 3.82. The first-order valence-electron chi connectivity index (χ1n) is 3.22. The van der Waals surface area contributed by atoms with Gasteiger partial charge < -0.3 is 5.73 Å². The van der Waals surface area contributed by atoms with Gasteiger partial charge in [-0.15, -0.1) is 0 Å². The third kappa shape index (κ3) is 4.39. The van der Waals surface area contributed by atoms with Gasteiger partial charge in [0.05, 0.1) is 12.3 Å². The van der Waals surface area contributed by atoms with E-state index < -0.39 is 0 Å². The molecule has 0 radical (unpaired) electrons. The highest BCUT2D eigenvalue weighted by atomic mass is 15.2. The second-order valence-corrected chi connectivity index (χ2v) is 2.59. The summed E-state index contributed by atoms with van der Waals surface area (Å²) < 4.78 is 0. The first kappa shape index (κ1) is 8.88. The van der Waals surface area contributed by atoms with Gasteiger partial charge in [0.25, 0.3) is 0 Å². The normalized spacial score (nSPS) is 18.0. The molecule has 0 aliphatic carbocycles. The summed E-state index contributed by atoms with van der Waals surface area (Å²) in [6.07, 6.45) is 0.424. The fraction of sp³-hybridized carbons (Fsp3) is 1.00. The summed E-state index contributed by atoms with van der Waals surface area (Å²) in [6, 6.07) is 0. The standard InChI is InChI=1S/C6H17N3/c1-5(7)8-6(2)9(3)4/h5-6,8H,7H2,1-4H3. The molecule has 2 unspecified atom stereocenters. The van der Waals surface area contributed by atoms with Crippen molar-refractivity contribution in [1.82, 2.24) is 10.2 Å². The summed E-state index contributed by atoms with van der Waals surface area (Å²) in [5.74, 6) is 0. The Morgan fingerprint density at radius 2 is 1.78 bits per heavy atom. The van der Waals surface area contributed by atoms with Crippen LogP contribution in [0.3, 0.4) is 0 Å². The van der Waals surface area contributed by atoms with E-state index in [9.17, 15) is 0 Å². The molecule has 3 N–H and O–H groups in total. The summed E-state index contributed by atoms with van der Waals surface area (Å²) in [5.41, 5.74) is 5.49. The number of nitrogens with two attached hydrogens (primary N) is 1. The van der Waals surface area contributed by atoms with Crippen LogP contribution in [0.15, 0.2) is 0 Å². The van der Waals surface area contributed by atoms with E-state index in [1.54, 1.807) is 0 Å². The van der Waals surface area contributed by atoms with Gasteiger partial charge in [0.2, 0.25) is 0 Å². The molecule has 0 spiro atoms. The van der Waals surface area contributed by atoms with E-state index in [-0.39, 0.29) is 6.17 Å². The smallest absolute Gasteiger partial charge is 0.0574 e. The van der Waals surface area contributed by atoms with E-state index in [0.29, 0.717) is 6.17 Å². The molecule has 0 aliphatic rings. The molecule has 0 aromatic carbocycles. The second-order valence-electron chi connectivity index (χ2n) is 2.59. The minimum Gasteiger partial charge on any atom is -0.316 e. The summed E-state index contributed by atoms with van der Waals surface area (Å²) in [5, 5.41) is 3.15. The van der Waals surface area contributed by atoms with E-state index >= 15 is 0 Å². The Morgan fingerprint density at radius 1 is 1.33 bits per heavy atom. The Kier molecular flexibility index (Phi) is 3.77. The third-order valence-corrected chi connectivity index (χ3v) is 1.28. The largest absolute Gasteiger partial charge is 0.316 e. The SMILES string of the molecule is CC(N)NC(C)N(C)C. The molecule has 2 atom stereocenters. The van der Waals surface area contributed by atoms with Gasteiger partial charge in [-0.25, -0.2) is 0 Å². The molecule has 3 heteroatoms. The van der Waals surface area contributed by atoms with Gasteiger partial charge in [-0.3, -0.25) is 10.2 Å². The lowest BCUT2D eigenvalue weighted by Gasteiger charge is -2.23. The Bertz CT molecular complexity index is 70.7. The Balaban J connectivity index is 3.38. The lowest BCUT2D eigenvalue weighted by molar-refractivity contribution is 0.248. The van der Waals surface area contributed by atoms with Crippen LogP contribution < -0.4 is 11.1 Å². The fourth-order valence-corrected chi connectivity index (χ4v) is 0.530. The van der Waals surface area contributed by atoms with E-state index in [2.05, 4.69) is 17.1 Å². The van der Waals surface area contributed by atoms with Crippen molar-refractivity contribution in [3.8, 4) is 0 Å². The van der Waals surface area contributed by atoms with Gasteiger partial charge >= 0.3 is 0 Å². The number of rotatable bonds is 3. The quantitative estimate of drug-likeness (QED) is 0.521. The van der Waals surface area contributed by atoms with Crippen molar-refractivity contribution in [2.45, 2.75) is 26.2 Å².